The maximum atomic E-state index is 12.2. The molecule has 0 fully saturated rings. The first-order chi connectivity index (χ1) is 11.8. The average molecular weight is 401 g/mol. The minimum absolute atomic E-state index is 0.0422. The summed E-state index contributed by atoms with van der Waals surface area (Å²) >= 11 is 13.5. The Morgan fingerprint density at radius 1 is 1.32 bits per heavy atom. The van der Waals surface area contributed by atoms with Gasteiger partial charge in [0.1, 0.15) is 0 Å². The molecule has 1 aromatic carbocycles. The van der Waals surface area contributed by atoms with E-state index < -0.39 is 18.0 Å². The first kappa shape index (κ1) is 19.7. The lowest BCUT2D eigenvalue weighted by Gasteiger charge is -2.19. The van der Waals surface area contributed by atoms with E-state index in [9.17, 15) is 9.59 Å². The van der Waals surface area contributed by atoms with Gasteiger partial charge in [0.05, 0.1) is 23.2 Å². The van der Waals surface area contributed by atoms with E-state index in [-0.39, 0.29) is 12.5 Å². The molecule has 1 heterocycles. The van der Waals surface area contributed by atoms with Crippen LogP contribution in [0.3, 0.4) is 0 Å². The summed E-state index contributed by atoms with van der Waals surface area (Å²) in [6.45, 7) is 5.17. The molecule has 0 radical (unpaired) electrons. The van der Waals surface area contributed by atoms with Crippen molar-refractivity contribution >= 4 is 46.4 Å². The van der Waals surface area contributed by atoms with E-state index in [0.717, 1.165) is 10.6 Å². The van der Waals surface area contributed by atoms with E-state index in [2.05, 4.69) is 10.3 Å². The molecule has 0 aliphatic carbocycles. The number of nitrogens with one attached hydrogen (secondary N) is 1. The number of amides is 1. The molecular weight excluding hydrogens is 383 g/mol. The third-order valence-corrected chi connectivity index (χ3v) is 4.84. The monoisotopic (exact) mass is 400 g/mol. The summed E-state index contributed by atoms with van der Waals surface area (Å²) in [7, 11) is 0. The van der Waals surface area contributed by atoms with Gasteiger partial charge >= 0.3 is 5.97 Å². The second-order valence-corrected chi connectivity index (χ2v) is 7.47. The fourth-order valence-corrected chi connectivity index (χ4v) is 3.38. The van der Waals surface area contributed by atoms with Crippen molar-refractivity contribution in [3.05, 3.63) is 49.9 Å². The Bertz CT molecular complexity index is 779. The molecular formula is C17H18Cl2N2O3S. The smallest absolute Gasteiger partial charge is 0.312 e. The highest BCUT2D eigenvalue weighted by molar-refractivity contribution is 7.09. The highest BCUT2D eigenvalue weighted by Gasteiger charge is 2.21. The van der Waals surface area contributed by atoms with Crippen LogP contribution in [0.2, 0.25) is 10.0 Å². The molecule has 1 aromatic heterocycles. The third kappa shape index (κ3) is 5.70. The van der Waals surface area contributed by atoms with Gasteiger partial charge in [-0.15, -0.1) is 11.3 Å². The van der Waals surface area contributed by atoms with Crippen LogP contribution in [0.15, 0.2) is 23.6 Å². The van der Waals surface area contributed by atoms with Crippen molar-refractivity contribution in [3.8, 4) is 0 Å². The number of hydrogen-bond acceptors (Lipinski definition) is 5. The summed E-state index contributed by atoms with van der Waals surface area (Å²) in [4.78, 5) is 28.3. The fraction of sp³-hybridized carbons (Fsp3) is 0.353. The van der Waals surface area contributed by atoms with Crippen LogP contribution in [-0.4, -0.2) is 23.0 Å². The summed E-state index contributed by atoms with van der Waals surface area (Å²) < 4.78 is 5.17. The molecule has 0 bridgehead atoms. The van der Waals surface area contributed by atoms with Gasteiger partial charge in [-0.1, -0.05) is 29.3 Å². The number of rotatable bonds is 6. The molecule has 25 heavy (non-hydrogen) atoms. The maximum absolute atomic E-state index is 12.2. The maximum Gasteiger partial charge on any atom is 0.312 e. The highest BCUT2D eigenvalue weighted by atomic mass is 35.5. The van der Waals surface area contributed by atoms with Crippen LogP contribution in [-0.2, 0) is 20.7 Å². The Kier molecular flexibility index (Phi) is 6.81. The number of esters is 1. The van der Waals surface area contributed by atoms with Gasteiger partial charge < -0.3 is 10.1 Å². The van der Waals surface area contributed by atoms with Crippen molar-refractivity contribution in [1.29, 1.82) is 0 Å². The second-order valence-electron chi connectivity index (χ2n) is 5.56. The zero-order valence-corrected chi connectivity index (χ0v) is 16.3. The highest BCUT2D eigenvalue weighted by Crippen LogP contribution is 2.26. The Hall–Kier alpha value is -1.63. The standard InChI is InChI=1S/C17H18Cl2N2O3S/c1-9(14-5-4-12(18)6-15(14)19)20-17(23)10(2)24-16(22)7-13-8-25-11(3)21-13/h4-6,8-10H,7H2,1-3H3,(H,20,23). The molecule has 0 saturated carbocycles. The van der Waals surface area contributed by atoms with Crippen LogP contribution in [0, 0.1) is 6.92 Å². The molecule has 1 amide bonds. The van der Waals surface area contributed by atoms with Crippen LogP contribution >= 0.6 is 34.5 Å². The number of thiazole rings is 1. The SMILES string of the molecule is Cc1nc(CC(=O)OC(C)C(=O)NC(C)c2ccc(Cl)cc2Cl)cs1. The quantitative estimate of drug-likeness (QED) is 0.740. The molecule has 5 nitrogen and oxygen atoms in total. The van der Waals surface area contributed by atoms with Crippen LogP contribution in [0.25, 0.3) is 0 Å². The Balaban J connectivity index is 1.89. The number of aryl methyl sites for hydroxylation is 1. The normalized spacial score (nSPS) is 13.2. The van der Waals surface area contributed by atoms with Gasteiger partial charge in [0, 0.05) is 15.4 Å². The Labute approximate surface area is 160 Å². The number of hydrogen-bond donors (Lipinski definition) is 1. The van der Waals surface area contributed by atoms with E-state index >= 15 is 0 Å². The first-order valence-corrected chi connectivity index (χ1v) is 9.25. The summed E-state index contributed by atoms with van der Waals surface area (Å²) in [6.07, 6.45) is -0.874. The number of aromatic nitrogens is 1. The molecule has 1 N–H and O–H groups in total. The number of carbonyl (C=O) groups excluding carboxylic acids is 2. The first-order valence-electron chi connectivity index (χ1n) is 7.62. The van der Waals surface area contributed by atoms with Gasteiger partial charge in [-0.3, -0.25) is 9.59 Å². The lowest BCUT2D eigenvalue weighted by molar-refractivity contribution is -0.154. The van der Waals surface area contributed by atoms with Crippen molar-refractivity contribution in [1.82, 2.24) is 10.3 Å². The van der Waals surface area contributed by atoms with Crippen LogP contribution < -0.4 is 5.32 Å². The third-order valence-electron chi connectivity index (χ3n) is 3.46. The Morgan fingerprint density at radius 2 is 2.04 bits per heavy atom. The summed E-state index contributed by atoms with van der Waals surface area (Å²) in [5, 5.41) is 6.43. The predicted octanol–water partition coefficient (Wildman–Crippen LogP) is 4.11. The zero-order chi connectivity index (χ0) is 18.6. The van der Waals surface area contributed by atoms with Gasteiger partial charge in [-0.25, -0.2) is 4.98 Å². The molecule has 2 unspecified atom stereocenters. The fourth-order valence-electron chi connectivity index (χ4n) is 2.19. The van der Waals surface area contributed by atoms with Crippen LogP contribution in [0.5, 0.6) is 0 Å². The average Bonchev–Trinajstić information content (AvgIpc) is 2.91. The Morgan fingerprint density at radius 3 is 2.64 bits per heavy atom. The van der Waals surface area contributed by atoms with Crippen molar-refractivity contribution in [3.63, 3.8) is 0 Å². The van der Waals surface area contributed by atoms with E-state index in [4.69, 9.17) is 27.9 Å². The molecule has 0 aliphatic rings. The largest absolute Gasteiger partial charge is 0.452 e. The minimum Gasteiger partial charge on any atom is -0.452 e. The van der Waals surface area contributed by atoms with E-state index in [1.807, 2.05) is 6.92 Å². The molecule has 2 aromatic rings. The second kappa shape index (κ2) is 8.65. The molecule has 0 spiro atoms. The minimum atomic E-state index is -0.916. The van der Waals surface area contributed by atoms with Gasteiger partial charge in [-0.2, -0.15) is 0 Å². The number of carbonyl (C=O) groups is 2. The van der Waals surface area contributed by atoms with Crippen molar-refractivity contribution < 1.29 is 14.3 Å². The van der Waals surface area contributed by atoms with Gasteiger partial charge in [0.15, 0.2) is 6.10 Å². The molecule has 2 rings (SSSR count). The number of benzene rings is 1. The zero-order valence-electron chi connectivity index (χ0n) is 14.0. The lowest BCUT2D eigenvalue weighted by Crippen LogP contribution is -2.37. The molecule has 134 valence electrons. The summed E-state index contributed by atoms with van der Waals surface area (Å²) in [5.74, 6) is -0.897. The lowest BCUT2D eigenvalue weighted by atomic mass is 10.1. The van der Waals surface area contributed by atoms with E-state index in [0.29, 0.717) is 15.7 Å². The number of halogens is 2. The molecule has 8 heteroatoms. The van der Waals surface area contributed by atoms with Crippen molar-refractivity contribution in [2.75, 3.05) is 0 Å². The van der Waals surface area contributed by atoms with Crippen LogP contribution in [0.4, 0.5) is 0 Å². The predicted molar refractivity (Wildman–Crippen MR) is 99.1 cm³/mol. The summed E-state index contributed by atoms with van der Waals surface area (Å²) in [5.41, 5.74) is 1.37. The van der Waals surface area contributed by atoms with Gasteiger partial charge in [0.25, 0.3) is 5.91 Å². The van der Waals surface area contributed by atoms with E-state index in [1.165, 1.54) is 18.3 Å². The van der Waals surface area contributed by atoms with Gasteiger partial charge in [-0.05, 0) is 38.5 Å². The topological polar surface area (TPSA) is 68.3 Å². The number of ether oxygens (including phenoxy) is 1. The molecule has 0 saturated heterocycles. The molecule has 0 aliphatic heterocycles. The van der Waals surface area contributed by atoms with Gasteiger partial charge in [0.2, 0.25) is 0 Å². The number of nitrogens with zero attached hydrogens (tertiary/aromatic N) is 1. The van der Waals surface area contributed by atoms with Crippen molar-refractivity contribution in [2.45, 2.75) is 39.3 Å². The molecule has 2 atom stereocenters. The van der Waals surface area contributed by atoms with E-state index in [1.54, 1.807) is 30.5 Å². The van der Waals surface area contributed by atoms with Crippen molar-refractivity contribution in [2.24, 2.45) is 0 Å². The van der Waals surface area contributed by atoms with Crippen LogP contribution in [0.1, 0.15) is 36.2 Å². The summed E-state index contributed by atoms with van der Waals surface area (Å²) in [6, 6.07) is 4.71.